The van der Waals surface area contributed by atoms with Crippen LogP contribution in [0.25, 0.3) is 6.08 Å². The van der Waals surface area contributed by atoms with Crippen molar-refractivity contribution in [2.75, 3.05) is 31.5 Å². The fraction of sp³-hybridized carbons (Fsp3) is 0.407. The van der Waals surface area contributed by atoms with E-state index in [1.54, 1.807) is 6.07 Å². The van der Waals surface area contributed by atoms with E-state index in [4.69, 9.17) is 0 Å². The molecule has 0 atom stereocenters. The van der Waals surface area contributed by atoms with E-state index in [1.807, 2.05) is 49.4 Å². The molecule has 176 valence electrons. The summed E-state index contributed by atoms with van der Waals surface area (Å²) in [5.74, 6) is 0.911. The van der Waals surface area contributed by atoms with Gasteiger partial charge in [0, 0.05) is 36.6 Å². The van der Waals surface area contributed by atoms with Crippen LogP contribution in [0.3, 0.4) is 0 Å². The van der Waals surface area contributed by atoms with Crippen molar-refractivity contribution in [3.63, 3.8) is 0 Å². The average Bonchev–Trinajstić information content (AvgIpc) is 2.73. The minimum absolute atomic E-state index is 0.118. The molecular weight excluding hydrogens is 430 g/mol. The van der Waals surface area contributed by atoms with E-state index in [-0.39, 0.29) is 11.8 Å². The van der Waals surface area contributed by atoms with Crippen LogP contribution in [0.1, 0.15) is 49.2 Å². The van der Waals surface area contributed by atoms with Gasteiger partial charge >= 0.3 is 0 Å². The monoisotopic (exact) mass is 465 g/mol. The minimum Gasteiger partial charge on any atom is -0.351 e. The lowest BCUT2D eigenvalue weighted by atomic mass is 10.1. The number of nitrogens with one attached hydrogen (secondary N) is 2. The first-order valence-electron chi connectivity index (χ1n) is 11.6. The largest absolute Gasteiger partial charge is 0.351 e. The second-order valence-corrected chi connectivity index (χ2v) is 10.6. The van der Waals surface area contributed by atoms with Gasteiger partial charge in [-0.2, -0.15) is 0 Å². The molecule has 1 heterocycles. The SMILES string of the molecule is Cc1cccc(C=C2Sc3ccc(C(=O)NCCN(CC(C)C)CC(C)C)cc3NC2=O)c1. The van der Waals surface area contributed by atoms with Crippen molar-refractivity contribution in [3.05, 3.63) is 64.1 Å². The van der Waals surface area contributed by atoms with Gasteiger partial charge in [0.2, 0.25) is 0 Å². The maximum Gasteiger partial charge on any atom is 0.262 e. The van der Waals surface area contributed by atoms with E-state index < -0.39 is 0 Å². The molecule has 0 saturated heterocycles. The molecule has 1 aliphatic rings. The smallest absolute Gasteiger partial charge is 0.262 e. The summed E-state index contributed by atoms with van der Waals surface area (Å²) in [5.41, 5.74) is 3.38. The van der Waals surface area contributed by atoms with Gasteiger partial charge in [-0.3, -0.25) is 9.59 Å². The molecule has 0 unspecified atom stereocenters. The molecule has 0 bridgehead atoms. The van der Waals surface area contributed by atoms with Gasteiger partial charge in [0.25, 0.3) is 11.8 Å². The Labute approximate surface area is 202 Å². The first kappa shape index (κ1) is 25.1. The Kier molecular flexibility index (Phi) is 8.75. The van der Waals surface area contributed by atoms with E-state index in [0.717, 1.165) is 35.7 Å². The number of rotatable bonds is 9. The fourth-order valence-corrected chi connectivity index (χ4v) is 4.86. The lowest BCUT2D eigenvalue weighted by Crippen LogP contribution is -2.38. The Hall–Kier alpha value is -2.57. The Morgan fingerprint density at radius 2 is 1.82 bits per heavy atom. The van der Waals surface area contributed by atoms with Gasteiger partial charge in [0.05, 0.1) is 10.6 Å². The maximum absolute atomic E-state index is 12.7. The number of thioether (sulfide) groups is 1. The topological polar surface area (TPSA) is 61.4 Å². The quantitative estimate of drug-likeness (QED) is 0.485. The van der Waals surface area contributed by atoms with E-state index in [2.05, 4.69) is 43.2 Å². The number of carbonyl (C=O) groups is 2. The molecule has 6 heteroatoms. The third kappa shape index (κ3) is 7.47. The molecule has 0 fully saturated rings. The normalized spacial score (nSPS) is 14.7. The number of nitrogens with zero attached hydrogens (tertiary/aromatic N) is 1. The van der Waals surface area contributed by atoms with Crippen LogP contribution in [-0.4, -0.2) is 42.9 Å². The molecule has 0 aromatic heterocycles. The Balaban J connectivity index is 1.62. The third-order valence-electron chi connectivity index (χ3n) is 5.23. The predicted molar refractivity (Wildman–Crippen MR) is 139 cm³/mol. The molecule has 2 N–H and O–H groups in total. The number of aryl methyl sites for hydroxylation is 1. The molecule has 2 aromatic rings. The van der Waals surface area contributed by atoms with Gasteiger partial charge in [-0.25, -0.2) is 0 Å². The van der Waals surface area contributed by atoms with Crippen LogP contribution in [0.4, 0.5) is 5.69 Å². The second kappa shape index (κ2) is 11.5. The van der Waals surface area contributed by atoms with Crippen LogP contribution in [0, 0.1) is 18.8 Å². The molecule has 0 aliphatic carbocycles. The Morgan fingerprint density at radius 1 is 1.09 bits per heavy atom. The van der Waals surface area contributed by atoms with Crippen molar-refractivity contribution in [2.24, 2.45) is 11.8 Å². The fourth-order valence-electron chi connectivity index (χ4n) is 3.93. The molecule has 2 amide bonds. The van der Waals surface area contributed by atoms with Crippen LogP contribution in [0.15, 0.2) is 52.3 Å². The van der Waals surface area contributed by atoms with Gasteiger partial charge in [0.15, 0.2) is 0 Å². The summed E-state index contributed by atoms with van der Waals surface area (Å²) in [6.45, 7) is 14.4. The standard InChI is InChI=1S/C27H35N3O2S/c1-18(2)16-30(17-19(3)4)12-11-28-26(31)22-9-10-24-23(15-22)29-27(32)25(33-24)14-21-8-6-7-20(5)13-21/h6-10,13-15,18-19H,11-12,16-17H2,1-5H3,(H,28,31)(H,29,32). The van der Waals surface area contributed by atoms with E-state index in [1.165, 1.54) is 11.8 Å². The van der Waals surface area contributed by atoms with Gasteiger partial charge < -0.3 is 15.5 Å². The highest BCUT2D eigenvalue weighted by Gasteiger charge is 2.22. The average molecular weight is 466 g/mol. The number of benzene rings is 2. The summed E-state index contributed by atoms with van der Waals surface area (Å²) >= 11 is 1.43. The van der Waals surface area contributed by atoms with Crippen molar-refractivity contribution in [3.8, 4) is 0 Å². The van der Waals surface area contributed by atoms with Crippen molar-refractivity contribution >= 4 is 35.3 Å². The molecule has 5 nitrogen and oxygen atoms in total. The number of hydrogen-bond donors (Lipinski definition) is 2. The van der Waals surface area contributed by atoms with Gasteiger partial charge in [-0.15, -0.1) is 0 Å². The summed E-state index contributed by atoms with van der Waals surface area (Å²) < 4.78 is 0. The lowest BCUT2D eigenvalue weighted by Gasteiger charge is -2.26. The molecular formula is C27H35N3O2S. The van der Waals surface area contributed by atoms with Crippen molar-refractivity contribution in [2.45, 2.75) is 39.5 Å². The molecule has 0 radical (unpaired) electrons. The van der Waals surface area contributed by atoms with E-state index in [0.29, 0.717) is 34.5 Å². The van der Waals surface area contributed by atoms with Gasteiger partial charge in [-0.1, -0.05) is 69.3 Å². The summed E-state index contributed by atoms with van der Waals surface area (Å²) in [6.07, 6.45) is 1.90. The molecule has 0 spiro atoms. The van der Waals surface area contributed by atoms with Crippen molar-refractivity contribution < 1.29 is 9.59 Å². The first-order chi connectivity index (χ1) is 15.7. The van der Waals surface area contributed by atoms with Gasteiger partial charge in [0.1, 0.15) is 0 Å². The summed E-state index contributed by atoms with van der Waals surface area (Å²) in [5, 5.41) is 5.97. The van der Waals surface area contributed by atoms with Crippen LogP contribution >= 0.6 is 11.8 Å². The van der Waals surface area contributed by atoms with E-state index >= 15 is 0 Å². The van der Waals surface area contributed by atoms with Crippen LogP contribution in [0.5, 0.6) is 0 Å². The zero-order valence-corrected chi connectivity index (χ0v) is 21.1. The minimum atomic E-state index is -0.149. The number of carbonyl (C=O) groups excluding carboxylic acids is 2. The highest BCUT2D eigenvalue weighted by molar-refractivity contribution is 8.04. The number of fused-ring (bicyclic) bond motifs is 1. The molecule has 2 aromatic carbocycles. The lowest BCUT2D eigenvalue weighted by molar-refractivity contribution is -0.112. The summed E-state index contributed by atoms with van der Waals surface area (Å²) in [4.78, 5) is 29.3. The Bertz CT molecular complexity index is 1020. The predicted octanol–water partition coefficient (Wildman–Crippen LogP) is 5.42. The molecule has 3 rings (SSSR count). The highest BCUT2D eigenvalue weighted by Crippen LogP contribution is 2.39. The van der Waals surface area contributed by atoms with Gasteiger partial charge in [-0.05, 0) is 48.6 Å². The number of hydrogen-bond acceptors (Lipinski definition) is 4. The van der Waals surface area contributed by atoms with Crippen LogP contribution < -0.4 is 10.6 Å². The van der Waals surface area contributed by atoms with E-state index in [9.17, 15) is 9.59 Å². The highest BCUT2D eigenvalue weighted by atomic mass is 32.2. The summed E-state index contributed by atoms with van der Waals surface area (Å²) in [6, 6.07) is 13.5. The Morgan fingerprint density at radius 3 is 2.48 bits per heavy atom. The van der Waals surface area contributed by atoms with Crippen LogP contribution in [-0.2, 0) is 4.79 Å². The molecule has 33 heavy (non-hydrogen) atoms. The zero-order valence-electron chi connectivity index (χ0n) is 20.3. The molecule has 1 aliphatic heterocycles. The first-order valence-corrected chi connectivity index (χ1v) is 12.4. The van der Waals surface area contributed by atoms with Crippen LogP contribution in [0.2, 0.25) is 0 Å². The maximum atomic E-state index is 12.7. The van der Waals surface area contributed by atoms with Crippen molar-refractivity contribution in [1.82, 2.24) is 10.2 Å². The third-order valence-corrected chi connectivity index (χ3v) is 6.33. The van der Waals surface area contributed by atoms with Crippen molar-refractivity contribution in [1.29, 1.82) is 0 Å². The second-order valence-electron chi connectivity index (χ2n) is 9.49. The zero-order chi connectivity index (χ0) is 24.0. The molecule has 0 saturated carbocycles. The number of amides is 2. The number of anilines is 1. The summed E-state index contributed by atoms with van der Waals surface area (Å²) in [7, 11) is 0.